The summed E-state index contributed by atoms with van der Waals surface area (Å²) in [4.78, 5) is 36.1. The molecule has 2 amide bonds. The van der Waals surface area contributed by atoms with Crippen LogP contribution < -0.4 is 10.6 Å². The van der Waals surface area contributed by atoms with Crippen LogP contribution in [-0.2, 0) is 19.1 Å². The molecular formula is C27H34N2O6. The van der Waals surface area contributed by atoms with Crippen molar-refractivity contribution in [3.05, 3.63) is 59.7 Å². The third-order valence-electron chi connectivity index (χ3n) is 6.29. The number of carbonyl (C=O) groups excluding carboxylic acids is 2. The number of hydrogen-bond donors (Lipinski definition) is 3. The molecule has 0 heterocycles. The molecule has 3 N–H and O–H groups in total. The summed E-state index contributed by atoms with van der Waals surface area (Å²) in [5.74, 6) is -1.36. The van der Waals surface area contributed by atoms with Gasteiger partial charge in [0.2, 0.25) is 5.91 Å². The summed E-state index contributed by atoms with van der Waals surface area (Å²) in [5, 5.41) is 14.6. The van der Waals surface area contributed by atoms with Crippen molar-refractivity contribution in [3.63, 3.8) is 0 Å². The molecule has 3 rings (SSSR count). The highest BCUT2D eigenvalue weighted by Gasteiger charge is 2.29. The summed E-state index contributed by atoms with van der Waals surface area (Å²) in [6.45, 7) is 2.43. The Labute approximate surface area is 206 Å². The molecule has 2 atom stereocenters. The summed E-state index contributed by atoms with van der Waals surface area (Å²) in [5.41, 5.74) is 4.60. The number of ether oxygens (including phenoxy) is 2. The quantitative estimate of drug-likeness (QED) is 0.396. The van der Waals surface area contributed by atoms with E-state index in [0.717, 1.165) is 35.1 Å². The molecule has 2 aromatic rings. The molecule has 0 saturated heterocycles. The second kappa shape index (κ2) is 12.9. The van der Waals surface area contributed by atoms with E-state index < -0.39 is 18.2 Å². The average molecular weight is 483 g/mol. The molecule has 0 saturated carbocycles. The van der Waals surface area contributed by atoms with Gasteiger partial charge in [0.25, 0.3) is 0 Å². The van der Waals surface area contributed by atoms with Gasteiger partial charge in [-0.15, -0.1) is 0 Å². The number of fused-ring (bicyclic) bond motifs is 3. The molecule has 0 radical (unpaired) electrons. The second-order valence-corrected chi connectivity index (χ2v) is 8.71. The Morgan fingerprint density at radius 3 is 2.20 bits per heavy atom. The molecule has 0 aromatic heterocycles. The molecule has 1 aliphatic rings. The van der Waals surface area contributed by atoms with Crippen LogP contribution in [-0.4, -0.2) is 55.5 Å². The van der Waals surface area contributed by atoms with E-state index in [-0.39, 0.29) is 43.9 Å². The van der Waals surface area contributed by atoms with Crippen LogP contribution in [0.3, 0.4) is 0 Å². The molecule has 2 aromatic carbocycles. The van der Waals surface area contributed by atoms with Crippen molar-refractivity contribution in [1.82, 2.24) is 10.6 Å². The van der Waals surface area contributed by atoms with Gasteiger partial charge in [0, 0.05) is 38.5 Å². The Hall–Kier alpha value is -3.39. The maximum absolute atomic E-state index is 12.6. The molecule has 0 spiro atoms. The van der Waals surface area contributed by atoms with Crippen LogP contribution in [0.4, 0.5) is 4.79 Å². The first-order chi connectivity index (χ1) is 16.9. The highest BCUT2D eigenvalue weighted by Crippen LogP contribution is 2.44. The first-order valence-corrected chi connectivity index (χ1v) is 12.1. The predicted octanol–water partition coefficient (Wildman–Crippen LogP) is 4.08. The van der Waals surface area contributed by atoms with E-state index in [1.807, 2.05) is 31.2 Å². The summed E-state index contributed by atoms with van der Waals surface area (Å²) in [7, 11) is 1.32. The van der Waals surface area contributed by atoms with Crippen LogP contribution in [0.5, 0.6) is 0 Å². The van der Waals surface area contributed by atoms with Crippen LogP contribution in [0, 0.1) is 0 Å². The average Bonchev–Trinajstić information content (AvgIpc) is 3.17. The van der Waals surface area contributed by atoms with E-state index in [2.05, 4.69) is 34.9 Å². The Kier molecular flexibility index (Phi) is 9.66. The number of rotatable bonds is 13. The number of carboxylic acid groups (broad SMARTS) is 1. The topological polar surface area (TPSA) is 114 Å². The molecule has 188 valence electrons. The molecular weight excluding hydrogens is 448 g/mol. The summed E-state index contributed by atoms with van der Waals surface area (Å²) >= 11 is 0. The smallest absolute Gasteiger partial charge is 0.407 e. The third-order valence-corrected chi connectivity index (χ3v) is 6.29. The number of hydrogen-bond acceptors (Lipinski definition) is 5. The minimum atomic E-state index is -1.07. The van der Waals surface area contributed by atoms with Crippen molar-refractivity contribution in [3.8, 4) is 11.1 Å². The highest BCUT2D eigenvalue weighted by molar-refractivity contribution is 5.79. The normalized spacial score (nSPS) is 13.9. The van der Waals surface area contributed by atoms with Crippen LogP contribution in [0.25, 0.3) is 11.1 Å². The zero-order valence-corrected chi connectivity index (χ0v) is 20.3. The zero-order chi connectivity index (χ0) is 25.2. The van der Waals surface area contributed by atoms with Crippen LogP contribution in [0.1, 0.15) is 56.1 Å². The first-order valence-electron chi connectivity index (χ1n) is 12.1. The van der Waals surface area contributed by atoms with Gasteiger partial charge in [0.05, 0.1) is 0 Å². The molecule has 2 unspecified atom stereocenters. The first kappa shape index (κ1) is 26.2. The molecule has 1 aliphatic carbocycles. The number of carboxylic acids is 1. The fourth-order valence-electron chi connectivity index (χ4n) is 4.46. The number of amides is 2. The lowest BCUT2D eigenvalue weighted by Gasteiger charge is -2.20. The predicted molar refractivity (Wildman–Crippen MR) is 132 cm³/mol. The van der Waals surface area contributed by atoms with E-state index in [4.69, 9.17) is 14.6 Å². The van der Waals surface area contributed by atoms with Gasteiger partial charge < -0.3 is 25.2 Å². The van der Waals surface area contributed by atoms with Crippen molar-refractivity contribution >= 4 is 18.0 Å². The van der Waals surface area contributed by atoms with Gasteiger partial charge in [-0.1, -0.05) is 68.3 Å². The fourth-order valence-corrected chi connectivity index (χ4v) is 4.46. The highest BCUT2D eigenvalue weighted by atomic mass is 16.5. The van der Waals surface area contributed by atoms with Gasteiger partial charge >= 0.3 is 12.1 Å². The van der Waals surface area contributed by atoms with E-state index in [1.54, 1.807) is 0 Å². The monoisotopic (exact) mass is 482 g/mol. The molecule has 0 fully saturated rings. The fraction of sp³-hybridized carbons (Fsp3) is 0.444. The van der Waals surface area contributed by atoms with E-state index in [9.17, 15) is 14.4 Å². The van der Waals surface area contributed by atoms with Gasteiger partial charge in [0.15, 0.2) is 6.10 Å². The van der Waals surface area contributed by atoms with Crippen molar-refractivity contribution in [1.29, 1.82) is 0 Å². The number of unbranched alkanes of at least 4 members (excludes halogenated alkanes) is 1. The number of nitrogens with one attached hydrogen (secondary N) is 2. The Balaban J connectivity index is 1.53. The number of carbonyl (C=O) groups is 3. The molecule has 35 heavy (non-hydrogen) atoms. The Morgan fingerprint density at radius 1 is 1.00 bits per heavy atom. The maximum atomic E-state index is 12.6. The van der Waals surface area contributed by atoms with E-state index >= 15 is 0 Å². The standard InChI is InChI=1S/C27H34N2O6/c1-3-4-9-18(16-25(30)28-15-14-24(34-2)26(31)32)29-27(33)35-17-23-21-12-7-5-10-19(21)20-11-6-8-13-22(20)23/h5-8,10-13,18,23-24H,3-4,9,14-17H2,1-2H3,(H,28,30)(H,29,33)(H,31,32). The van der Waals surface area contributed by atoms with Crippen molar-refractivity contribution in [2.45, 2.75) is 57.1 Å². The SMILES string of the molecule is CCCCC(CC(=O)NCCC(OC)C(=O)O)NC(=O)OCC1c2ccccc2-c2ccccc21. The number of benzene rings is 2. The van der Waals surface area contributed by atoms with Crippen molar-refractivity contribution in [2.24, 2.45) is 0 Å². The lowest BCUT2D eigenvalue weighted by atomic mass is 9.98. The molecule has 8 nitrogen and oxygen atoms in total. The molecule has 0 aliphatic heterocycles. The summed E-state index contributed by atoms with van der Waals surface area (Å²) in [6, 6.07) is 15.9. The Morgan fingerprint density at radius 2 is 1.63 bits per heavy atom. The van der Waals surface area contributed by atoms with Crippen molar-refractivity contribution in [2.75, 3.05) is 20.3 Å². The maximum Gasteiger partial charge on any atom is 0.407 e. The lowest BCUT2D eigenvalue weighted by Crippen LogP contribution is -2.40. The largest absolute Gasteiger partial charge is 0.479 e. The summed E-state index contributed by atoms with van der Waals surface area (Å²) < 4.78 is 10.5. The van der Waals surface area contributed by atoms with Gasteiger partial charge in [-0.2, -0.15) is 0 Å². The number of aliphatic carboxylic acids is 1. The van der Waals surface area contributed by atoms with E-state index in [1.165, 1.54) is 7.11 Å². The minimum Gasteiger partial charge on any atom is -0.479 e. The van der Waals surface area contributed by atoms with E-state index in [0.29, 0.717) is 6.42 Å². The molecule has 8 heteroatoms. The van der Waals surface area contributed by atoms with Gasteiger partial charge in [-0.3, -0.25) is 4.79 Å². The number of alkyl carbamates (subject to hydrolysis) is 1. The van der Waals surface area contributed by atoms with Gasteiger partial charge in [0.1, 0.15) is 6.61 Å². The minimum absolute atomic E-state index is 0.0338. The van der Waals surface area contributed by atoms with Gasteiger partial charge in [-0.25, -0.2) is 9.59 Å². The number of methoxy groups -OCH3 is 1. The molecule has 0 bridgehead atoms. The second-order valence-electron chi connectivity index (χ2n) is 8.71. The van der Waals surface area contributed by atoms with Crippen LogP contribution >= 0.6 is 0 Å². The zero-order valence-electron chi connectivity index (χ0n) is 20.3. The summed E-state index contributed by atoms with van der Waals surface area (Å²) in [6.07, 6.45) is 1.16. The van der Waals surface area contributed by atoms with Gasteiger partial charge in [-0.05, 0) is 28.7 Å². The van der Waals surface area contributed by atoms with Crippen molar-refractivity contribution < 1.29 is 29.0 Å². The Bertz CT molecular complexity index is 979. The lowest BCUT2D eigenvalue weighted by molar-refractivity contribution is -0.149. The van der Waals surface area contributed by atoms with Crippen LogP contribution in [0.15, 0.2) is 48.5 Å². The van der Waals surface area contributed by atoms with Crippen LogP contribution in [0.2, 0.25) is 0 Å². The third kappa shape index (κ3) is 7.05.